The fraction of sp³-hybridized carbons (Fsp3) is 0.273. The smallest absolute Gasteiger partial charge is 0.237 e. The molecule has 0 unspecified atom stereocenters. The van der Waals surface area contributed by atoms with Crippen LogP contribution in [0.3, 0.4) is 0 Å². The Kier molecular flexibility index (Phi) is 6.07. The van der Waals surface area contributed by atoms with Gasteiger partial charge in [-0.2, -0.15) is 5.10 Å². The second kappa shape index (κ2) is 7.56. The minimum atomic E-state index is -0.232. The van der Waals surface area contributed by atoms with E-state index in [4.69, 9.17) is 25.2 Å². The fourth-order valence-electron chi connectivity index (χ4n) is 1.41. The van der Waals surface area contributed by atoms with Gasteiger partial charge in [-0.05, 0) is 22.0 Å². The molecule has 0 amide bonds. The first kappa shape index (κ1) is 16.1. The summed E-state index contributed by atoms with van der Waals surface area (Å²) < 4.78 is 16.4. The number of nitrogens with two attached hydrogens (primary N) is 1. The summed E-state index contributed by atoms with van der Waals surface area (Å²) in [5.74, 6) is 1.17. The van der Waals surface area contributed by atoms with Crippen molar-refractivity contribution in [2.45, 2.75) is 0 Å². The Morgan fingerprint density at radius 1 is 1.30 bits per heavy atom. The van der Waals surface area contributed by atoms with Gasteiger partial charge in [-0.25, -0.2) is 5.48 Å². The highest BCUT2D eigenvalue weighted by Gasteiger charge is 2.18. The van der Waals surface area contributed by atoms with Crippen LogP contribution in [0.25, 0.3) is 0 Å². The molecule has 1 aromatic rings. The van der Waals surface area contributed by atoms with Gasteiger partial charge in [0.2, 0.25) is 11.7 Å². The van der Waals surface area contributed by atoms with Crippen LogP contribution in [0, 0.1) is 0 Å². The minimum absolute atomic E-state index is 0.232. The number of hydrogen-bond donors (Lipinski definition) is 3. The molecule has 0 bridgehead atoms. The normalized spacial score (nSPS) is 11.6. The number of benzene rings is 1. The molecule has 110 valence electrons. The first-order chi connectivity index (χ1) is 9.58. The summed E-state index contributed by atoms with van der Waals surface area (Å²) in [7, 11) is 4.53. The van der Waals surface area contributed by atoms with Crippen molar-refractivity contribution in [2.24, 2.45) is 15.9 Å². The van der Waals surface area contributed by atoms with Crippen LogP contribution in [0.1, 0.15) is 5.56 Å². The molecule has 0 spiro atoms. The number of methoxy groups -OCH3 is 3. The first-order valence-corrected chi connectivity index (χ1v) is 6.13. The van der Waals surface area contributed by atoms with Crippen molar-refractivity contribution in [2.75, 3.05) is 21.3 Å². The number of nitrogens with one attached hydrogen (secondary N) is 1. The van der Waals surface area contributed by atoms with Crippen molar-refractivity contribution in [1.29, 1.82) is 0 Å². The molecule has 0 atom stereocenters. The standard InChI is InChI=1S/C11H15BrN4O4/c1-18-7-4-6(5-14-15-11(13)16-17)8(12)10(20-3)9(7)19-2/h4-5,17H,1-3H3,(H3,13,15,16). The Hall–Kier alpha value is -2.00. The van der Waals surface area contributed by atoms with Crippen LogP contribution in [0.2, 0.25) is 0 Å². The fourth-order valence-corrected chi connectivity index (χ4v) is 1.97. The van der Waals surface area contributed by atoms with E-state index in [0.717, 1.165) is 0 Å². The van der Waals surface area contributed by atoms with Gasteiger partial charge in [-0.1, -0.05) is 0 Å². The van der Waals surface area contributed by atoms with Crippen LogP contribution < -0.4 is 25.4 Å². The van der Waals surface area contributed by atoms with Crippen molar-refractivity contribution in [3.63, 3.8) is 0 Å². The molecule has 0 fully saturated rings. The van der Waals surface area contributed by atoms with Crippen LogP contribution in [-0.2, 0) is 0 Å². The zero-order valence-corrected chi connectivity index (χ0v) is 12.8. The highest BCUT2D eigenvalue weighted by Crippen LogP contribution is 2.44. The monoisotopic (exact) mass is 346 g/mol. The SMILES string of the molecule is COc1cc(C=NN=C(N)NO)c(Br)c(OC)c1OC. The highest BCUT2D eigenvalue weighted by molar-refractivity contribution is 9.10. The third-order valence-corrected chi connectivity index (χ3v) is 3.09. The molecule has 0 heterocycles. The van der Waals surface area contributed by atoms with Gasteiger partial charge in [-0.3, -0.25) is 5.21 Å². The Labute approximate surface area is 124 Å². The molecule has 20 heavy (non-hydrogen) atoms. The lowest BCUT2D eigenvalue weighted by atomic mass is 10.2. The number of nitrogens with zero attached hydrogens (tertiary/aromatic N) is 2. The maximum Gasteiger partial charge on any atom is 0.237 e. The lowest BCUT2D eigenvalue weighted by Crippen LogP contribution is -2.27. The molecule has 0 aliphatic rings. The number of hydrogen-bond acceptors (Lipinski definition) is 6. The van der Waals surface area contributed by atoms with Crippen molar-refractivity contribution >= 4 is 28.1 Å². The third-order valence-electron chi connectivity index (χ3n) is 2.27. The molecule has 0 saturated carbocycles. The van der Waals surface area contributed by atoms with Gasteiger partial charge < -0.3 is 19.9 Å². The second-order valence-electron chi connectivity index (χ2n) is 3.39. The predicted molar refractivity (Wildman–Crippen MR) is 77.9 cm³/mol. The highest BCUT2D eigenvalue weighted by atomic mass is 79.9. The van der Waals surface area contributed by atoms with E-state index in [1.54, 1.807) is 11.5 Å². The van der Waals surface area contributed by atoms with E-state index in [1.807, 2.05) is 0 Å². The van der Waals surface area contributed by atoms with E-state index in [9.17, 15) is 0 Å². The number of halogens is 1. The molecule has 0 saturated heterocycles. The number of rotatable bonds is 5. The van der Waals surface area contributed by atoms with Crippen molar-refractivity contribution in [1.82, 2.24) is 5.48 Å². The molecule has 0 aromatic heterocycles. The molecule has 0 radical (unpaired) electrons. The van der Waals surface area contributed by atoms with Gasteiger partial charge in [0.25, 0.3) is 0 Å². The average molecular weight is 347 g/mol. The molecule has 0 aliphatic heterocycles. The zero-order chi connectivity index (χ0) is 15.1. The van der Waals surface area contributed by atoms with Gasteiger partial charge in [-0.15, -0.1) is 5.10 Å². The molecule has 1 rings (SSSR count). The molecule has 9 heteroatoms. The lowest BCUT2D eigenvalue weighted by Gasteiger charge is -2.14. The van der Waals surface area contributed by atoms with E-state index in [0.29, 0.717) is 27.3 Å². The number of hydroxylamine groups is 1. The van der Waals surface area contributed by atoms with Gasteiger partial charge in [0.15, 0.2) is 11.5 Å². The van der Waals surface area contributed by atoms with E-state index in [-0.39, 0.29) is 5.96 Å². The van der Waals surface area contributed by atoms with Gasteiger partial charge >= 0.3 is 0 Å². The summed E-state index contributed by atoms with van der Waals surface area (Å²) in [5, 5.41) is 15.7. The predicted octanol–water partition coefficient (Wildman–Crippen LogP) is 1.10. The van der Waals surface area contributed by atoms with E-state index in [1.165, 1.54) is 27.5 Å². The summed E-state index contributed by atoms with van der Waals surface area (Å²) in [6.07, 6.45) is 1.42. The summed E-state index contributed by atoms with van der Waals surface area (Å²) in [6, 6.07) is 1.69. The maximum absolute atomic E-state index is 8.47. The van der Waals surface area contributed by atoms with Crippen molar-refractivity contribution in [3.8, 4) is 17.2 Å². The summed E-state index contributed by atoms with van der Waals surface area (Å²) in [6.45, 7) is 0. The summed E-state index contributed by atoms with van der Waals surface area (Å²) in [4.78, 5) is 0. The Bertz CT molecular complexity index is 534. The second-order valence-corrected chi connectivity index (χ2v) is 4.18. The Morgan fingerprint density at radius 3 is 2.45 bits per heavy atom. The first-order valence-electron chi connectivity index (χ1n) is 5.34. The van der Waals surface area contributed by atoms with Gasteiger partial charge in [0.05, 0.1) is 32.0 Å². The van der Waals surface area contributed by atoms with Crippen LogP contribution >= 0.6 is 15.9 Å². The van der Waals surface area contributed by atoms with E-state index >= 15 is 0 Å². The van der Waals surface area contributed by atoms with Gasteiger partial charge in [0, 0.05) is 5.56 Å². The largest absolute Gasteiger partial charge is 0.493 e. The van der Waals surface area contributed by atoms with E-state index < -0.39 is 0 Å². The topological polar surface area (TPSA) is 111 Å². The Balaban J connectivity index is 3.27. The Morgan fingerprint density at radius 2 is 1.95 bits per heavy atom. The van der Waals surface area contributed by atoms with Crippen molar-refractivity contribution in [3.05, 3.63) is 16.1 Å². The maximum atomic E-state index is 8.47. The van der Waals surface area contributed by atoms with Gasteiger partial charge in [0.1, 0.15) is 0 Å². The molecular weight excluding hydrogens is 332 g/mol. The zero-order valence-electron chi connectivity index (χ0n) is 11.2. The van der Waals surface area contributed by atoms with Crippen LogP contribution in [0.4, 0.5) is 0 Å². The van der Waals surface area contributed by atoms with Crippen LogP contribution in [0.15, 0.2) is 20.7 Å². The molecule has 4 N–H and O–H groups in total. The summed E-state index contributed by atoms with van der Waals surface area (Å²) in [5.41, 5.74) is 7.52. The average Bonchev–Trinajstić information content (AvgIpc) is 2.47. The number of ether oxygens (including phenoxy) is 3. The minimum Gasteiger partial charge on any atom is -0.493 e. The third kappa shape index (κ3) is 3.52. The lowest BCUT2D eigenvalue weighted by molar-refractivity contribution is 0.232. The summed E-state index contributed by atoms with van der Waals surface area (Å²) >= 11 is 3.38. The quantitative estimate of drug-likeness (QED) is 0.418. The molecule has 1 aromatic carbocycles. The molecule has 8 nitrogen and oxygen atoms in total. The molecular formula is C11H15BrN4O4. The number of guanidine groups is 1. The van der Waals surface area contributed by atoms with Crippen LogP contribution in [-0.4, -0.2) is 38.7 Å². The van der Waals surface area contributed by atoms with Crippen molar-refractivity contribution < 1.29 is 19.4 Å². The molecule has 0 aliphatic carbocycles. The van der Waals surface area contributed by atoms with E-state index in [2.05, 4.69) is 26.1 Å². The van der Waals surface area contributed by atoms with Crippen LogP contribution in [0.5, 0.6) is 17.2 Å².